The standard InChI is InChI=1S/C13H15N3O2S/c1-2-3-5-9-8-10-11(19-9)15-13(18)16(12(10)17)7-4-6-14/h8H,2-5,7H2,1H3,(H,15,18). The van der Waals surface area contributed by atoms with Gasteiger partial charge in [0.15, 0.2) is 0 Å². The minimum Gasteiger partial charge on any atom is -0.298 e. The third kappa shape index (κ3) is 2.76. The van der Waals surface area contributed by atoms with Crippen LogP contribution in [0, 0.1) is 11.3 Å². The number of fused-ring (bicyclic) bond motifs is 1. The SMILES string of the molecule is CCCCc1cc2c(=O)n(CCC#N)c(=O)[nH]c2s1. The second-order valence-corrected chi connectivity index (χ2v) is 5.49. The third-order valence-corrected chi connectivity index (χ3v) is 4.06. The van der Waals surface area contributed by atoms with Gasteiger partial charge in [0.1, 0.15) is 4.83 Å². The van der Waals surface area contributed by atoms with Crippen LogP contribution in [0.15, 0.2) is 15.7 Å². The van der Waals surface area contributed by atoms with Gasteiger partial charge in [-0.25, -0.2) is 4.79 Å². The lowest BCUT2D eigenvalue weighted by molar-refractivity contribution is 0.651. The number of nitrogens with zero attached hydrogens (tertiary/aromatic N) is 2. The van der Waals surface area contributed by atoms with Crippen molar-refractivity contribution in [2.45, 2.75) is 39.2 Å². The maximum atomic E-state index is 12.2. The molecule has 0 aliphatic rings. The highest BCUT2D eigenvalue weighted by Crippen LogP contribution is 2.21. The van der Waals surface area contributed by atoms with E-state index in [0.29, 0.717) is 10.2 Å². The number of nitrogens with one attached hydrogen (secondary N) is 1. The van der Waals surface area contributed by atoms with Gasteiger partial charge < -0.3 is 0 Å². The molecule has 0 unspecified atom stereocenters. The molecule has 0 bridgehead atoms. The largest absolute Gasteiger partial charge is 0.329 e. The van der Waals surface area contributed by atoms with Gasteiger partial charge in [-0.2, -0.15) is 5.26 Å². The Morgan fingerprint density at radius 3 is 2.95 bits per heavy atom. The molecule has 0 aliphatic carbocycles. The summed E-state index contributed by atoms with van der Waals surface area (Å²) in [6, 6.07) is 3.80. The first-order chi connectivity index (χ1) is 9.17. The molecule has 2 rings (SSSR count). The molecular weight excluding hydrogens is 262 g/mol. The van der Waals surface area contributed by atoms with Crippen LogP contribution in [0.4, 0.5) is 0 Å². The number of nitriles is 1. The molecule has 0 spiro atoms. The molecule has 0 aromatic carbocycles. The van der Waals surface area contributed by atoms with Crippen molar-refractivity contribution in [3.8, 4) is 6.07 Å². The highest BCUT2D eigenvalue weighted by Gasteiger charge is 2.10. The van der Waals surface area contributed by atoms with E-state index < -0.39 is 5.69 Å². The molecule has 0 saturated carbocycles. The summed E-state index contributed by atoms with van der Waals surface area (Å²) in [7, 11) is 0. The molecule has 0 aliphatic heterocycles. The van der Waals surface area contributed by atoms with E-state index in [1.807, 2.05) is 12.1 Å². The summed E-state index contributed by atoms with van der Waals surface area (Å²) in [5, 5.41) is 9.10. The van der Waals surface area contributed by atoms with Gasteiger partial charge in [0.25, 0.3) is 5.56 Å². The second kappa shape index (κ2) is 5.85. The van der Waals surface area contributed by atoms with Crippen LogP contribution in [0.5, 0.6) is 0 Å². The lowest BCUT2D eigenvalue weighted by atomic mass is 10.2. The van der Waals surface area contributed by atoms with E-state index in [1.54, 1.807) is 0 Å². The number of H-pyrrole nitrogens is 1. The van der Waals surface area contributed by atoms with Crippen molar-refractivity contribution >= 4 is 21.6 Å². The van der Waals surface area contributed by atoms with E-state index in [9.17, 15) is 9.59 Å². The number of aromatic nitrogens is 2. The quantitative estimate of drug-likeness (QED) is 0.908. The van der Waals surface area contributed by atoms with Crippen LogP contribution in [-0.4, -0.2) is 9.55 Å². The lowest BCUT2D eigenvalue weighted by Crippen LogP contribution is -2.34. The van der Waals surface area contributed by atoms with Crippen LogP contribution in [-0.2, 0) is 13.0 Å². The molecular formula is C13H15N3O2S. The molecule has 2 aromatic heterocycles. The second-order valence-electron chi connectivity index (χ2n) is 4.35. The average molecular weight is 277 g/mol. The predicted octanol–water partition coefficient (Wildman–Crippen LogP) is 2.01. The fourth-order valence-corrected chi connectivity index (χ4v) is 3.02. The van der Waals surface area contributed by atoms with Gasteiger partial charge in [0.2, 0.25) is 0 Å². The van der Waals surface area contributed by atoms with Crippen molar-refractivity contribution < 1.29 is 0 Å². The summed E-state index contributed by atoms with van der Waals surface area (Å²) < 4.78 is 1.10. The van der Waals surface area contributed by atoms with Crippen LogP contribution < -0.4 is 11.2 Å². The molecule has 2 heterocycles. The van der Waals surface area contributed by atoms with E-state index in [4.69, 9.17) is 5.26 Å². The van der Waals surface area contributed by atoms with Gasteiger partial charge in [-0.05, 0) is 18.9 Å². The van der Waals surface area contributed by atoms with E-state index in [0.717, 1.165) is 28.7 Å². The zero-order valence-electron chi connectivity index (χ0n) is 10.7. The van der Waals surface area contributed by atoms with Crippen molar-refractivity contribution in [1.82, 2.24) is 9.55 Å². The smallest absolute Gasteiger partial charge is 0.298 e. The molecule has 100 valence electrons. The van der Waals surface area contributed by atoms with Crippen molar-refractivity contribution in [2.75, 3.05) is 0 Å². The summed E-state index contributed by atoms with van der Waals surface area (Å²) in [6.45, 7) is 2.25. The molecule has 5 nitrogen and oxygen atoms in total. The summed E-state index contributed by atoms with van der Waals surface area (Å²) in [5.41, 5.74) is -0.732. The van der Waals surface area contributed by atoms with Gasteiger partial charge in [-0.15, -0.1) is 11.3 Å². The molecule has 0 fully saturated rings. The van der Waals surface area contributed by atoms with Gasteiger partial charge in [0, 0.05) is 11.4 Å². The number of unbranched alkanes of at least 4 members (excludes halogenated alkanes) is 1. The van der Waals surface area contributed by atoms with Crippen LogP contribution in [0.1, 0.15) is 31.1 Å². The monoisotopic (exact) mass is 277 g/mol. The first-order valence-corrected chi connectivity index (χ1v) is 7.11. The van der Waals surface area contributed by atoms with Gasteiger partial charge in [-0.3, -0.25) is 14.3 Å². The number of aromatic amines is 1. The van der Waals surface area contributed by atoms with Gasteiger partial charge in [-0.1, -0.05) is 13.3 Å². The van der Waals surface area contributed by atoms with Crippen LogP contribution in [0.2, 0.25) is 0 Å². The highest BCUT2D eigenvalue weighted by atomic mass is 32.1. The predicted molar refractivity (Wildman–Crippen MR) is 75.5 cm³/mol. The zero-order valence-corrected chi connectivity index (χ0v) is 11.5. The Bertz CT molecular complexity index is 733. The zero-order chi connectivity index (χ0) is 13.8. The van der Waals surface area contributed by atoms with Crippen molar-refractivity contribution in [2.24, 2.45) is 0 Å². The fraction of sp³-hybridized carbons (Fsp3) is 0.462. The Morgan fingerprint density at radius 1 is 1.47 bits per heavy atom. The Labute approximate surface area is 114 Å². The maximum absolute atomic E-state index is 12.2. The van der Waals surface area contributed by atoms with E-state index in [-0.39, 0.29) is 18.5 Å². The molecule has 19 heavy (non-hydrogen) atoms. The number of rotatable bonds is 5. The highest BCUT2D eigenvalue weighted by molar-refractivity contribution is 7.18. The normalized spacial score (nSPS) is 10.7. The van der Waals surface area contributed by atoms with Crippen molar-refractivity contribution in [1.29, 1.82) is 5.26 Å². The first-order valence-electron chi connectivity index (χ1n) is 6.30. The van der Waals surface area contributed by atoms with Gasteiger partial charge in [0.05, 0.1) is 17.9 Å². The van der Waals surface area contributed by atoms with E-state index >= 15 is 0 Å². The van der Waals surface area contributed by atoms with Crippen LogP contribution in [0.25, 0.3) is 10.2 Å². The summed E-state index contributed by atoms with van der Waals surface area (Å²) in [4.78, 5) is 28.4. The fourth-order valence-electron chi connectivity index (χ4n) is 1.94. The maximum Gasteiger partial charge on any atom is 0.329 e. The first kappa shape index (κ1) is 13.6. The number of hydrogen-bond acceptors (Lipinski definition) is 4. The molecule has 0 saturated heterocycles. The Hall–Kier alpha value is -1.87. The molecule has 2 aromatic rings. The molecule has 0 radical (unpaired) electrons. The Morgan fingerprint density at radius 2 is 2.26 bits per heavy atom. The lowest BCUT2D eigenvalue weighted by Gasteiger charge is -2.00. The van der Waals surface area contributed by atoms with E-state index in [2.05, 4.69) is 11.9 Å². The third-order valence-electron chi connectivity index (χ3n) is 2.95. The number of thiophene rings is 1. The summed E-state index contributed by atoms with van der Waals surface area (Å²) >= 11 is 1.46. The van der Waals surface area contributed by atoms with Gasteiger partial charge >= 0.3 is 5.69 Å². The van der Waals surface area contributed by atoms with Crippen LogP contribution in [0.3, 0.4) is 0 Å². The van der Waals surface area contributed by atoms with Crippen LogP contribution >= 0.6 is 11.3 Å². The molecule has 0 atom stereocenters. The van der Waals surface area contributed by atoms with Crippen molar-refractivity contribution in [3.05, 3.63) is 31.8 Å². The Balaban J connectivity index is 2.48. The minimum atomic E-state index is -0.434. The summed E-state index contributed by atoms with van der Waals surface area (Å²) in [5.74, 6) is 0. The summed E-state index contributed by atoms with van der Waals surface area (Å²) in [6.07, 6.45) is 3.24. The average Bonchev–Trinajstić information content (AvgIpc) is 2.79. The molecule has 6 heteroatoms. The topological polar surface area (TPSA) is 78.7 Å². The molecule has 1 N–H and O–H groups in total. The Kier molecular flexibility index (Phi) is 4.17. The number of aryl methyl sites for hydroxylation is 1. The number of hydrogen-bond donors (Lipinski definition) is 1. The minimum absolute atomic E-state index is 0.140. The van der Waals surface area contributed by atoms with Crippen molar-refractivity contribution in [3.63, 3.8) is 0 Å². The molecule has 0 amide bonds. The van der Waals surface area contributed by atoms with E-state index in [1.165, 1.54) is 11.3 Å².